The Labute approximate surface area is 215 Å². The Morgan fingerprint density at radius 2 is 1.38 bits per heavy atom. The van der Waals surface area contributed by atoms with E-state index >= 15 is 0 Å². The first kappa shape index (κ1) is 28.9. The maximum atomic E-state index is 13.9. The molecule has 3 rings (SSSR count). The minimum Gasteiger partial charge on any atom is -0.349 e. The number of halogens is 10. The van der Waals surface area contributed by atoms with Gasteiger partial charge < -0.3 is 4.74 Å². The summed E-state index contributed by atoms with van der Waals surface area (Å²) in [5.74, 6) is -3.35. The minimum atomic E-state index is -6.07. The highest BCUT2D eigenvalue weighted by Gasteiger charge is 2.73. The van der Waals surface area contributed by atoms with Crippen LogP contribution in [0, 0.1) is 17.5 Å². The van der Waals surface area contributed by atoms with Gasteiger partial charge in [-0.3, -0.25) is 0 Å². The molecule has 0 aliphatic carbocycles. The van der Waals surface area contributed by atoms with Crippen molar-refractivity contribution in [1.82, 2.24) is 0 Å². The average Bonchev–Trinajstić information content (AvgIpc) is 2.80. The molecule has 3 aromatic carbocycles. The van der Waals surface area contributed by atoms with Gasteiger partial charge in [0.25, 0.3) is 5.60 Å². The van der Waals surface area contributed by atoms with Gasteiger partial charge in [-0.15, -0.1) is 0 Å². The van der Waals surface area contributed by atoms with Crippen LogP contribution in [0.5, 0.6) is 0 Å². The summed E-state index contributed by atoms with van der Waals surface area (Å²) in [5, 5.41) is 1.10. The second kappa shape index (κ2) is 11.0. The first-order valence-corrected chi connectivity index (χ1v) is 12.0. The third-order valence-electron chi connectivity index (χ3n) is 5.12. The Bertz CT molecular complexity index is 1290. The Balaban J connectivity index is 1.95. The highest BCUT2D eigenvalue weighted by Crippen LogP contribution is 2.53. The summed E-state index contributed by atoms with van der Waals surface area (Å²) in [4.78, 5) is 0.183. The van der Waals surface area contributed by atoms with E-state index in [0.717, 1.165) is 29.7 Å². The van der Waals surface area contributed by atoms with Crippen LogP contribution in [0.4, 0.5) is 39.5 Å². The molecule has 0 radical (unpaired) electrons. The van der Waals surface area contributed by atoms with E-state index in [9.17, 15) is 43.7 Å². The van der Waals surface area contributed by atoms with E-state index in [1.807, 2.05) is 0 Å². The average molecular weight is 617 g/mol. The number of hydrogen-bond donors (Lipinski definition) is 0. The van der Waals surface area contributed by atoms with Gasteiger partial charge in [0.15, 0.2) is 0 Å². The van der Waals surface area contributed by atoms with Crippen LogP contribution in [0.1, 0.15) is 16.7 Å². The molecule has 1 atom stereocenters. The van der Waals surface area contributed by atoms with Crippen molar-refractivity contribution in [3.63, 3.8) is 0 Å². The van der Waals surface area contributed by atoms with Crippen molar-refractivity contribution < 1.29 is 48.5 Å². The Morgan fingerprint density at radius 3 is 1.89 bits per heavy atom. The summed E-state index contributed by atoms with van der Waals surface area (Å²) in [6, 6.07) is 8.54. The number of alkyl halides is 6. The fourth-order valence-corrected chi connectivity index (χ4v) is 4.64. The van der Waals surface area contributed by atoms with E-state index in [-0.39, 0.29) is 14.9 Å². The lowest BCUT2D eigenvalue weighted by Gasteiger charge is -2.37. The Morgan fingerprint density at radius 1 is 0.811 bits per heavy atom. The number of benzene rings is 3. The molecule has 0 heterocycles. The SMILES string of the molecule is O=S(/C=C/c1ccc(C(OCc2c(F)cccc2F)(C(F)(F)F)C(F)(F)F)cc1)c1ccc(F)c(Br)c1. The van der Waals surface area contributed by atoms with E-state index in [1.165, 1.54) is 18.2 Å². The topological polar surface area (TPSA) is 26.3 Å². The third-order valence-corrected chi connectivity index (χ3v) is 6.83. The summed E-state index contributed by atoms with van der Waals surface area (Å²) in [6.07, 6.45) is -11.0. The number of ether oxygens (including phenoxy) is 1. The molecule has 1 unspecified atom stereocenters. The lowest BCUT2D eigenvalue weighted by Crippen LogP contribution is -2.55. The van der Waals surface area contributed by atoms with Gasteiger partial charge in [0.2, 0.25) is 0 Å². The lowest BCUT2D eigenvalue weighted by molar-refractivity contribution is -0.392. The first-order chi connectivity index (χ1) is 17.2. The van der Waals surface area contributed by atoms with Crippen LogP contribution in [0.15, 0.2) is 75.4 Å². The molecule has 0 N–H and O–H groups in total. The van der Waals surface area contributed by atoms with E-state index in [0.29, 0.717) is 24.3 Å². The molecule has 2 nitrogen and oxygen atoms in total. The van der Waals surface area contributed by atoms with E-state index in [1.54, 1.807) is 0 Å². The van der Waals surface area contributed by atoms with Gasteiger partial charge in [-0.2, -0.15) is 26.3 Å². The third kappa shape index (κ3) is 6.10. The summed E-state index contributed by atoms with van der Waals surface area (Å²) >= 11 is 2.93. The largest absolute Gasteiger partial charge is 0.430 e. The lowest BCUT2D eigenvalue weighted by atomic mass is 9.91. The standard InChI is InChI=1S/C24H14BrF9O2S/c25-18-12-16(8-9-21(18)28)37(35)11-10-14-4-6-15(7-5-14)22(23(29,30)31,24(32,33)34)36-13-17-19(26)2-1-3-20(17)27/h1-12H,13H2/b11-10+. The van der Waals surface area contributed by atoms with Crippen molar-refractivity contribution in [3.8, 4) is 0 Å². The van der Waals surface area contributed by atoms with Crippen molar-refractivity contribution in [3.05, 3.63) is 105 Å². The fourth-order valence-electron chi connectivity index (χ4n) is 3.24. The summed E-state index contributed by atoms with van der Waals surface area (Å²) < 4.78 is 141. The van der Waals surface area contributed by atoms with Gasteiger partial charge in [0.05, 0.1) is 21.9 Å². The molecule has 0 aliphatic rings. The molecule has 0 spiro atoms. The predicted octanol–water partition coefficient (Wildman–Crippen LogP) is 8.18. The van der Waals surface area contributed by atoms with Crippen LogP contribution < -0.4 is 0 Å². The van der Waals surface area contributed by atoms with Crippen LogP contribution in [-0.4, -0.2) is 16.6 Å². The predicted molar refractivity (Wildman–Crippen MR) is 121 cm³/mol. The van der Waals surface area contributed by atoms with E-state index in [4.69, 9.17) is 0 Å². The smallest absolute Gasteiger partial charge is 0.349 e. The second-order valence-corrected chi connectivity index (χ2v) is 9.66. The fraction of sp³-hybridized carbons (Fsp3) is 0.167. The van der Waals surface area contributed by atoms with E-state index < -0.39 is 63.9 Å². The molecule has 0 aliphatic heterocycles. The summed E-state index contributed by atoms with van der Waals surface area (Å²) in [5.41, 5.74) is -7.31. The minimum absolute atomic E-state index is 0.0435. The van der Waals surface area contributed by atoms with Gasteiger partial charge in [0, 0.05) is 21.4 Å². The zero-order valence-electron chi connectivity index (χ0n) is 18.1. The highest BCUT2D eigenvalue weighted by atomic mass is 79.9. The van der Waals surface area contributed by atoms with Crippen molar-refractivity contribution in [2.45, 2.75) is 29.5 Å². The van der Waals surface area contributed by atoms with Crippen molar-refractivity contribution >= 4 is 32.8 Å². The quantitative estimate of drug-likeness (QED) is 0.250. The zero-order chi connectivity index (χ0) is 27.6. The van der Waals surface area contributed by atoms with Crippen molar-refractivity contribution in [1.29, 1.82) is 0 Å². The molecule has 0 saturated heterocycles. The molecule has 13 heteroatoms. The highest BCUT2D eigenvalue weighted by molar-refractivity contribution is 9.10. The van der Waals surface area contributed by atoms with E-state index in [2.05, 4.69) is 20.7 Å². The molecule has 0 bridgehead atoms. The van der Waals surface area contributed by atoms with Crippen molar-refractivity contribution in [2.24, 2.45) is 0 Å². The first-order valence-electron chi connectivity index (χ1n) is 10.0. The maximum Gasteiger partial charge on any atom is 0.430 e. The molecular formula is C24H14BrF9O2S. The molecular weight excluding hydrogens is 603 g/mol. The molecule has 37 heavy (non-hydrogen) atoms. The monoisotopic (exact) mass is 616 g/mol. The molecule has 3 aromatic rings. The van der Waals surface area contributed by atoms with Gasteiger partial charge in [0.1, 0.15) is 17.5 Å². The molecule has 0 fully saturated rings. The number of rotatable bonds is 7. The van der Waals surface area contributed by atoms with Gasteiger partial charge in [-0.25, -0.2) is 17.4 Å². The van der Waals surface area contributed by atoms with Crippen LogP contribution in [0.2, 0.25) is 0 Å². The van der Waals surface area contributed by atoms with Crippen LogP contribution in [0.3, 0.4) is 0 Å². The Kier molecular flexibility index (Phi) is 8.60. The van der Waals surface area contributed by atoms with Gasteiger partial charge in [-0.05, 0) is 57.9 Å². The molecule has 0 aromatic heterocycles. The van der Waals surface area contributed by atoms with Crippen molar-refractivity contribution in [2.75, 3.05) is 0 Å². The molecule has 0 amide bonds. The van der Waals surface area contributed by atoms with Gasteiger partial charge >= 0.3 is 12.4 Å². The second-order valence-electron chi connectivity index (χ2n) is 7.46. The molecule has 198 valence electrons. The van der Waals surface area contributed by atoms with Crippen LogP contribution >= 0.6 is 15.9 Å². The van der Waals surface area contributed by atoms with Gasteiger partial charge in [-0.1, -0.05) is 30.3 Å². The summed E-state index contributed by atoms with van der Waals surface area (Å²) in [7, 11) is -1.81. The zero-order valence-corrected chi connectivity index (χ0v) is 20.5. The van der Waals surface area contributed by atoms with Crippen LogP contribution in [-0.2, 0) is 27.7 Å². The molecule has 0 saturated carbocycles. The maximum absolute atomic E-state index is 13.9. The number of hydrogen-bond acceptors (Lipinski definition) is 2. The van der Waals surface area contributed by atoms with Crippen LogP contribution in [0.25, 0.3) is 6.08 Å². The summed E-state index contributed by atoms with van der Waals surface area (Å²) in [6.45, 7) is -1.66. The normalized spacial score (nSPS) is 13.8. The Hall–Kier alpha value is -2.64.